The number of rotatable bonds is 4. The van der Waals surface area contributed by atoms with Crippen LogP contribution in [0.15, 0.2) is 18.2 Å². The van der Waals surface area contributed by atoms with Crippen molar-refractivity contribution in [3.63, 3.8) is 0 Å². The molecule has 1 atom stereocenters. The van der Waals surface area contributed by atoms with Gasteiger partial charge in [-0.25, -0.2) is 4.79 Å². The zero-order chi connectivity index (χ0) is 25.2. The van der Waals surface area contributed by atoms with Crippen molar-refractivity contribution < 1.29 is 32.6 Å². The molecule has 35 heavy (non-hydrogen) atoms. The molecule has 4 rings (SSSR count). The molecule has 2 saturated heterocycles. The molecule has 2 amide bonds. The minimum atomic E-state index is -4.66. The lowest BCUT2D eigenvalue weighted by Gasteiger charge is -2.42. The van der Waals surface area contributed by atoms with Gasteiger partial charge in [0.1, 0.15) is 0 Å². The van der Waals surface area contributed by atoms with Crippen LogP contribution in [-0.4, -0.2) is 60.4 Å². The van der Waals surface area contributed by atoms with Gasteiger partial charge in [-0.3, -0.25) is 10.1 Å². The standard InChI is InChI=1S/C25H30F3N3O4/c1-2-14-35-23(34)29-17-4-9-21(20(15-17)25(26,27)28)30-12-3-10-24(16-30)11-13-31(22(24)33)18-5-7-19(32)8-6-18/h1,4,9,15,18-19,32H,3,5-8,10-14,16H2,(H,29,34)/t18?,19?,24-/m0/s1. The van der Waals surface area contributed by atoms with Crippen molar-refractivity contribution in [3.8, 4) is 12.3 Å². The van der Waals surface area contributed by atoms with E-state index < -0.39 is 23.2 Å². The Labute approximate surface area is 202 Å². The van der Waals surface area contributed by atoms with Crippen molar-refractivity contribution in [3.05, 3.63) is 23.8 Å². The fourth-order valence-electron chi connectivity index (χ4n) is 5.66. The fourth-order valence-corrected chi connectivity index (χ4v) is 5.66. The van der Waals surface area contributed by atoms with Crippen molar-refractivity contribution in [1.29, 1.82) is 0 Å². The van der Waals surface area contributed by atoms with E-state index in [9.17, 15) is 27.9 Å². The smallest absolute Gasteiger partial charge is 0.418 e. The third-order valence-electron chi connectivity index (χ3n) is 7.41. The number of carbonyl (C=O) groups excluding carboxylic acids is 2. The highest BCUT2D eigenvalue weighted by Crippen LogP contribution is 2.46. The van der Waals surface area contributed by atoms with Crippen LogP contribution in [0.4, 0.5) is 29.3 Å². The van der Waals surface area contributed by atoms with Gasteiger partial charge in [0.05, 0.1) is 17.1 Å². The molecule has 3 fully saturated rings. The Balaban J connectivity index is 1.53. The highest BCUT2D eigenvalue weighted by atomic mass is 19.4. The maximum absolute atomic E-state index is 14.0. The van der Waals surface area contributed by atoms with E-state index in [1.165, 1.54) is 12.1 Å². The van der Waals surface area contributed by atoms with Crippen LogP contribution in [0.5, 0.6) is 0 Å². The second kappa shape index (κ2) is 9.97. The van der Waals surface area contributed by atoms with Gasteiger partial charge in [-0.1, -0.05) is 5.92 Å². The van der Waals surface area contributed by atoms with Gasteiger partial charge in [-0.05, 0) is 63.1 Å². The Morgan fingerprint density at radius 2 is 1.97 bits per heavy atom. The number of benzene rings is 1. The highest BCUT2D eigenvalue weighted by molar-refractivity contribution is 5.87. The minimum Gasteiger partial charge on any atom is -0.436 e. The number of likely N-dealkylation sites (tertiary alicyclic amines) is 1. The molecule has 1 aromatic carbocycles. The van der Waals surface area contributed by atoms with Gasteiger partial charge in [0.25, 0.3) is 0 Å². The number of amides is 2. The van der Waals surface area contributed by atoms with Crippen molar-refractivity contribution in [2.45, 2.75) is 63.3 Å². The lowest BCUT2D eigenvalue weighted by Crippen LogP contribution is -2.50. The fraction of sp³-hybridized carbons (Fsp3) is 0.600. The van der Waals surface area contributed by atoms with Crippen LogP contribution in [0.3, 0.4) is 0 Å². The summed E-state index contributed by atoms with van der Waals surface area (Å²) in [5, 5.41) is 12.1. The number of nitrogens with one attached hydrogen (secondary N) is 1. The number of carbonyl (C=O) groups is 2. The monoisotopic (exact) mass is 493 g/mol. The van der Waals surface area contributed by atoms with Gasteiger partial charge < -0.3 is 19.6 Å². The Kier molecular flexibility index (Phi) is 7.17. The van der Waals surface area contributed by atoms with Crippen LogP contribution in [0.25, 0.3) is 0 Å². The van der Waals surface area contributed by atoms with Crippen LogP contribution in [0, 0.1) is 17.8 Å². The van der Waals surface area contributed by atoms with Gasteiger partial charge in [0.2, 0.25) is 5.91 Å². The second-order valence-electron chi connectivity index (χ2n) is 9.65. The third-order valence-corrected chi connectivity index (χ3v) is 7.41. The summed E-state index contributed by atoms with van der Waals surface area (Å²) in [6, 6.07) is 3.69. The number of nitrogens with zero attached hydrogens (tertiary/aromatic N) is 2. The predicted molar refractivity (Wildman–Crippen MR) is 124 cm³/mol. The zero-order valence-corrected chi connectivity index (χ0v) is 19.4. The molecule has 2 aliphatic heterocycles. The molecule has 0 aromatic heterocycles. The summed E-state index contributed by atoms with van der Waals surface area (Å²) in [6.07, 6.45) is 3.82. The van der Waals surface area contributed by atoms with Crippen molar-refractivity contribution in [1.82, 2.24) is 4.90 Å². The maximum atomic E-state index is 14.0. The molecule has 1 aliphatic carbocycles. The number of anilines is 2. The van der Waals surface area contributed by atoms with E-state index in [-0.39, 0.29) is 42.6 Å². The zero-order valence-electron chi connectivity index (χ0n) is 19.4. The normalized spacial score (nSPS) is 27.1. The summed E-state index contributed by atoms with van der Waals surface area (Å²) in [5.41, 5.74) is -1.65. The first kappa shape index (κ1) is 25.2. The molecule has 190 valence electrons. The van der Waals surface area contributed by atoms with Crippen LogP contribution >= 0.6 is 0 Å². The summed E-state index contributed by atoms with van der Waals surface area (Å²) in [6.45, 7) is 0.934. The Morgan fingerprint density at radius 3 is 2.66 bits per heavy atom. The Morgan fingerprint density at radius 1 is 1.23 bits per heavy atom. The van der Waals surface area contributed by atoms with Crippen LogP contribution < -0.4 is 10.2 Å². The maximum Gasteiger partial charge on any atom is 0.418 e. The summed E-state index contributed by atoms with van der Waals surface area (Å²) < 4.78 is 46.7. The van der Waals surface area contributed by atoms with Crippen LogP contribution in [0.2, 0.25) is 0 Å². The number of alkyl halides is 3. The number of aliphatic hydroxyl groups is 1. The lowest BCUT2D eigenvalue weighted by atomic mass is 9.78. The summed E-state index contributed by atoms with van der Waals surface area (Å²) >= 11 is 0. The van der Waals surface area contributed by atoms with E-state index in [1.54, 1.807) is 4.90 Å². The Hall–Kier alpha value is -2.93. The van der Waals surface area contributed by atoms with Crippen LogP contribution in [0.1, 0.15) is 50.5 Å². The SMILES string of the molecule is C#CCOC(=O)Nc1ccc(N2CCC[C@]3(CCN(C4CCC(O)CC4)C3=O)C2)c(C(F)(F)F)c1. The van der Waals surface area contributed by atoms with Gasteiger partial charge in [0.15, 0.2) is 6.61 Å². The van der Waals surface area contributed by atoms with Gasteiger partial charge in [0, 0.05) is 37.1 Å². The number of piperidine rings is 1. The van der Waals surface area contributed by atoms with E-state index in [0.717, 1.165) is 18.9 Å². The largest absolute Gasteiger partial charge is 0.436 e. The number of aliphatic hydroxyl groups excluding tert-OH is 1. The first-order valence-electron chi connectivity index (χ1n) is 12.0. The number of terminal acetylenes is 1. The number of ether oxygens (including phenoxy) is 1. The Bertz CT molecular complexity index is 1000. The molecule has 1 spiro atoms. The van der Waals surface area contributed by atoms with E-state index in [0.29, 0.717) is 45.2 Å². The lowest BCUT2D eigenvalue weighted by molar-refractivity contribution is -0.139. The quantitative estimate of drug-likeness (QED) is 0.620. The van der Waals surface area contributed by atoms with E-state index >= 15 is 0 Å². The summed E-state index contributed by atoms with van der Waals surface area (Å²) in [4.78, 5) is 28.8. The molecule has 2 heterocycles. The molecule has 1 saturated carbocycles. The average Bonchev–Trinajstić information content (AvgIpc) is 3.12. The van der Waals surface area contributed by atoms with Gasteiger partial charge >= 0.3 is 12.3 Å². The van der Waals surface area contributed by atoms with Gasteiger partial charge in [-0.2, -0.15) is 13.2 Å². The average molecular weight is 494 g/mol. The van der Waals surface area contributed by atoms with Crippen molar-refractivity contribution >= 4 is 23.4 Å². The van der Waals surface area contributed by atoms with E-state index in [2.05, 4.69) is 16.0 Å². The summed E-state index contributed by atoms with van der Waals surface area (Å²) in [5.74, 6) is 2.13. The molecule has 0 unspecified atom stereocenters. The number of hydrogen-bond acceptors (Lipinski definition) is 5. The molecule has 1 aromatic rings. The third kappa shape index (κ3) is 5.35. The van der Waals surface area contributed by atoms with E-state index in [4.69, 9.17) is 6.42 Å². The molecule has 0 radical (unpaired) electrons. The minimum absolute atomic E-state index is 0.00819. The van der Waals surface area contributed by atoms with Crippen LogP contribution in [-0.2, 0) is 15.7 Å². The molecule has 2 N–H and O–H groups in total. The molecule has 3 aliphatic rings. The van der Waals surface area contributed by atoms with Crippen molar-refractivity contribution in [2.75, 3.05) is 36.5 Å². The predicted octanol–water partition coefficient (Wildman–Crippen LogP) is 4.01. The second-order valence-corrected chi connectivity index (χ2v) is 9.65. The molecule has 7 nitrogen and oxygen atoms in total. The van der Waals surface area contributed by atoms with Gasteiger partial charge in [-0.15, -0.1) is 6.42 Å². The summed E-state index contributed by atoms with van der Waals surface area (Å²) in [7, 11) is 0. The number of halogens is 3. The van der Waals surface area contributed by atoms with Crippen molar-refractivity contribution in [2.24, 2.45) is 5.41 Å². The first-order valence-corrected chi connectivity index (χ1v) is 12.0. The first-order chi connectivity index (χ1) is 16.6. The molecule has 10 heteroatoms. The molecular formula is C25H30F3N3O4. The van der Waals surface area contributed by atoms with E-state index in [1.807, 2.05) is 4.90 Å². The topological polar surface area (TPSA) is 82.1 Å². The number of hydrogen-bond donors (Lipinski definition) is 2. The highest BCUT2D eigenvalue weighted by Gasteiger charge is 2.51. The molecular weight excluding hydrogens is 463 g/mol. The molecule has 0 bridgehead atoms.